The monoisotopic (exact) mass is 593 g/mol. The number of anilines is 1. The van der Waals surface area contributed by atoms with E-state index in [2.05, 4.69) is 10.3 Å². The molecule has 39 heavy (non-hydrogen) atoms. The van der Waals surface area contributed by atoms with Gasteiger partial charge in [0.05, 0.1) is 22.2 Å². The normalized spacial score (nSPS) is 11.9. The van der Waals surface area contributed by atoms with Crippen molar-refractivity contribution in [2.24, 2.45) is 0 Å². The molecule has 3 rings (SSSR count). The standard InChI is InChI=1S/C27H29Cl2N3O6S/c1-27(2,3)38-26(36)32(4)22-10-5-7-16(30-22)11-12-37-17-13-18(39-15-17)14-21(25(34)35)31-24(33)23-19(28)8-6-9-20(23)29/h5-10,13,15,21H,11-12,14H2,1-4H3,(H,31,33)(H,34,35)/t21-/m0/s1. The number of benzene rings is 1. The topological polar surface area (TPSA) is 118 Å². The number of pyridine rings is 1. The molecule has 0 saturated carbocycles. The molecule has 2 heterocycles. The van der Waals surface area contributed by atoms with Gasteiger partial charge in [-0.1, -0.05) is 35.3 Å². The number of hydrogen-bond acceptors (Lipinski definition) is 7. The van der Waals surface area contributed by atoms with Crippen molar-refractivity contribution >= 4 is 58.3 Å². The fraction of sp³-hybridized carbons (Fsp3) is 0.333. The zero-order chi connectivity index (χ0) is 28.7. The second-order valence-electron chi connectivity index (χ2n) is 9.54. The number of aliphatic carboxylic acids is 1. The van der Waals surface area contributed by atoms with Gasteiger partial charge in [0.1, 0.15) is 23.2 Å². The number of amides is 2. The minimum Gasteiger partial charge on any atom is -0.492 e. The molecule has 9 nitrogen and oxygen atoms in total. The first kappa shape index (κ1) is 30.2. The Kier molecular flexibility index (Phi) is 10.2. The summed E-state index contributed by atoms with van der Waals surface area (Å²) >= 11 is 13.5. The van der Waals surface area contributed by atoms with Crippen molar-refractivity contribution in [3.05, 3.63) is 74.0 Å². The Labute approximate surface area is 240 Å². The fourth-order valence-electron chi connectivity index (χ4n) is 3.38. The van der Waals surface area contributed by atoms with E-state index in [4.69, 9.17) is 32.7 Å². The maximum absolute atomic E-state index is 12.6. The Balaban J connectivity index is 1.56. The highest BCUT2D eigenvalue weighted by Gasteiger charge is 2.25. The number of rotatable bonds is 10. The van der Waals surface area contributed by atoms with Crippen LogP contribution >= 0.6 is 34.5 Å². The molecule has 0 spiro atoms. The summed E-state index contributed by atoms with van der Waals surface area (Å²) in [7, 11) is 1.60. The summed E-state index contributed by atoms with van der Waals surface area (Å²) in [6.07, 6.45) is 0.0331. The SMILES string of the molecule is CN(C(=O)OC(C)(C)C)c1cccc(CCOc2csc(C[C@H](NC(=O)c3c(Cl)cccc3Cl)C(=O)O)c2)n1. The minimum absolute atomic E-state index is 0.0252. The Hall–Kier alpha value is -3.34. The van der Waals surface area contributed by atoms with Gasteiger partial charge in [-0.2, -0.15) is 0 Å². The largest absolute Gasteiger partial charge is 0.492 e. The van der Waals surface area contributed by atoms with Crippen molar-refractivity contribution in [2.45, 2.75) is 45.3 Å². The van der Waals surface area contributed by atoms with Crippen molar-refractivity contribution in [1.82, 2.24) is 10.3 Å². The molecule has 1 atom stereocenters. The molecule has 0 saturated heterocycles. The number of halogens is 2. The van der Waals surface area contributed by atoms with E-state index < -0.39 is 29.6 Å². The number of nitrogens with zero attached hydrogens (tertiary/aromatic N) is 2. The molecule has 2 N–H and O–H groups in total. The lowest BCUT2D eigenvalue weighted by molar-refractivity contribution is -0.139. The predicted molar refractivity (Wildman–Crippen MR) is 151 cm³/mol. The highest BCUT2D eigenvalue weighted by atomic mass is 35.5. The second-order valence-corrected chi connectivity index (χ2v) is 11.3. The number of aromatic nitrogens is 1. The molecule has 0 aliphatic heterocycles. The first-order valence-electron chi connectivity index (χ1n) is 11.9. The molecule has 0 aliphatic rings. The molecule has 0 fully saturated rings. The van der Waals surface area contributed by atoms with E-state index >= 15 is 0 Å². The third-order valence-corrected chi connectivity index (χ3v) is 6.83. The second kappa shape index (κ2) is 13.1. The Morgan fingerprint density at radius 2 is 1.79 bits per heavy atom. The van der Waals surface area contributed by atoms with Gasteiger partial charge in [-0.15, -0.1) is 11.3 Å². The minimum atomic E-state index is -1.19. The average molecular weight is 595 g/mol. The van der Waals surface area contributed by atoms with Crippen molar-refractivity contribution in [2.75, 3.05) is 18.6 Å². The first-order valence-corrected chi connectivity index (χ1v) is 13.6. The quantitative estimate of drug-likeness (QED) is 0.302. The third kappa shape index (κ3) is 8.84. The number of thiophene rings is 1. The zero-order valence-electron chi connectivity index (χ0n) is 21.9. The number of carboxylic acids is 1. The van der Waals surface area contributed by atoms with Crippen LogP contribution in [-0.4, -0.2) is 53.4 Å². The summed E-state index contributed by atoms with van der Waals surface area (Å²) in [5.41, 5.74) is 0.137. The molecule has 208 valence electrons. The van der Waals surface area contributed by atoms with Gasteiger partial charge in [-0.05, 0) is 51.1 Å². The number of carbonyl (C=O) groups is 3. The number of ether oxygens (including phenoxy) is 2. The molecule has 0 bridgehead atoms. The van der Waals surface area contributed by atoms with Crippen LogP contribution in [0.15, 0.2) is 47.8 Å². The van der Waals surface area contributed by atoms with E-state index in [1.807, 2.05) is 6.07 Å². The summed E-state index contributed by atoms with van der Waals surface area (Å²) in [5, 5.41) is 14.2. The van der Waals surface area contributed by atoms with E-state index in [9.17, 15) is 19.5 Å². The van der Waals surface area contributed by atoms with Crippen molar-refractivity contribution < 1.29 is 29.0 Å². The molecule has 2 amide bonds. The number of hydrogen-bond donors (Lipinski definition) is 2. The lowest BCUT2D eigenvalue weighted by Gasteiger charge is -2.24. The molecule has 1 aromatic carbocycles. The molecule has 0 radical (unpaired) electrons. The van der Waals surface area contributed by atoms with E-state index in [0.717, 1.165) is 5.69 Å². The molecule has 0 unspecified atom stereocenters. The van der Waals surface area contributed by atoms with Gasteiger partial charge < -0.3 is 19.9 Å². The molecule has 3 aromatic rings. The van der Waals surface area contributed by atoms with Gasteiger partial charge in [-0.25, -0.2) is 14.6 Å². The van der Waals surface area contributed by atoms with Crippen LogP contribution in [-0.2, 0) is 22.4 Å². The summed E-state index contributed by atoms with van der Waals surface area (Å²) in [4.78, 5) is 43.3. The smallest absolute Gasteiger partial charge is 0.415 e. The van der Waals surface area contributed by atoms with Gasteiger partial charge in [-0.3, -0.25) is 9.69 Å². The van der Waals surface area contributed by atoms with Crippen LogP contribution in [0.3, 0.4) is 0 Å². The number of nitrogens with one attached hydrogen (secondary N) is 1. The van der Waals surface area contributed by atoms with Crippen LogP contribution in [0.4, 0.5) is 10.6 Å². The van der Waals surface area contributed by atoms with Gasteiger partial charge in [0.25, 0.3) is 5.91 Å². The van der Waals surface area contributed by atoms with E-state index in [1.54, 1.807) is 57.5 Å². The number of carboxylic acid groups (broad SMARTS) is 1. The maximum atomic E-state index is 12.6. The summed E-state index contributed by atoms with van der Waals surface area (Å²) < 4.78 is 11.2. The van der Waals surface area contributed by atoms with Gasteiger partial charge in [0.15, 0.2) is 0 Å². The maximum Gasteiger partial charge on any atom is 0.415 e. The molecule has 12 heteroatoms. The van der Waals surface area contributed by atoms with Crippen LogP contribution in [0.2, 0.25) is 10.0 Å². The van der Waals surface area contributed by atoms with Crippen molar-refractivity contribution in [1.29, 1.82) is 0 Å². The summed E-state index contributed by atoms with van der Waals surface area (Å²) in [5.74, 6) is -0.830. The molecular weight excluding hydrogens is 565 g/mol. The Morgan fingerprint density at radius 1 is 1.13 bits per heavy atom. The highest BCUT2D eigenvalue weighted by molar-refractivity contribution is 7.10. The first-order chi connectivity index (χ1) is 18.3. The highest BCUT2D eigenvalue weighted by Crippen LogP contribution is 2.26. The van der Waals surface area contributed by atoms with Crippen LogP contribution in [0.25, 0.3) is 0 Å². The van der Waals surface area contributed by atoms with Crippen LogP contribution in [0.5, 0.6) is 5.75 Å². The van der Waals surface area contributed by atoms with Gasteiger partial charge in [0, 0.05) is 35.8 Å². The summed E-state index contributed by atoms with van der Waals surface area (Å²) in [6, 6.07) is 10.5. The lowest BCUT2D eigenvalue weighted by atomic mass is 10.1. The van der Waals surface area contributed by atoms with E-state index in [0.29, 0.717) is 29.5 Å². The van der Waals surface area contributed by atoms with Crippen molar-refractivity contribution in [3.8, 4) is 5.75 Å². The number of carbonyl (C=O) groups excluding carboxylic acids is 2. The van der Waals surface area contributed by atoms with Gasteiger partial charge >= 0.3 is 12.1 Å². The van der Waals surface area contributed by atoms with Crippen LogP contribution in [0.1, 0.15) is 41.7 Å². The van der Waals surface area contributed by atoms with Crippen LogP contribution < -0.4 is 15.0 Å². The molecule has 2 aromatic heterocycles. The fourth-order valence-corrected chi connectivity index (χ4v) is 4.80. The van der Waals surface area contributed by atoms with E-state index in [1.165, 1.54) is 28.4 Å². The lowest BCUT2D eigenvalue weighted by Crippen LogP contribution is -2.42. The van der Waals surface area contributed by atoms with Crippen LogP contribution in [0, 0.1) is 0 Å². The molecular formula is C27H29Cl2N3O6S. The predicted octanol–water partition coefficient (Wildman–Crippen LogP) is 5.87. The Bertz CT molecular complexity index is 1320. The Morgan fingerprint density at radius 3 is 2.44 bits per heavy atom. The molecule has 0 aliphatic carbocycles. The third-order valence-electron chi connectivity index (χ3n) is 5.26. The average Bonchev–Trinajstić information content (AvgIpc) is 3.29. The van der Waals surface area contributed by atoms with E-state index in [-0.39, 0.29) is 22.0 Å². The zero-order valence-corrected chi connectivity index (χ0v) is 24.2. The van der Waals surface area contributed by atoms with Crippen molar-refractivity contribution in [3.63, 3.8) is 0 Å². The summed E-state index contributed by atoms with van der Waals surface area (Å²) in [6.45, 7) is 5.70. The van der Waals surface area contributed by atoms with Gasteiger partial charge in [0.2, 0.25) is 0 Å².